The minimum atomic E-state index is -0.304. The van der Waals surface area contributed by atoms with Crippen molar-refractivity contribution in [2.75, 3.05) is 13.1 Å². The molecule has 1 heterocycles. The average Bonchev–Trinajstić information content (AvgIpc) is 2.57. The second-order valence-corrected chi connectivity index (χ2v) is 10.4. The van der Waals surface area contributed by atoms with E-state index in [2.05, 4.69) is 18.4 Å². The van der Waals surface area contributed by atoms with E-state index in [9.17, 15) is 9.90 Å². The molecule has 6 rings (SSSR count). The van der Waals surface area contributed by atoms with Gasteiger partial charge in [0.2, 0.25) is 5.91 Å². The summed E-state index contributed by atoms with van der Waals surface area (Å²) in [4.78, 5) is 14.5. The third-order valence-corrected chi connectivity index (χ3v) is 9.59. The van der Waals surface area contributed by atoms with Crippen LogP contribution in [0.2, 0.25) is 0 Å². The van der Waals surface area contributed by atoms with Crippen LogP contribution in [0.25, 0.3) is 0 Å². The van der Waals surface area contributed by atoms with Crippen molar-refractivity contribution in [3.05, 3.63) is 12.2 Å². The van der Waals surface area contributed by atoms with Crippen LogP contribution in [0.4, 0.5) is 0 Å². The maximum Gasteiger partial charge on any atom is 0.219 e. The molecule has 1 aliphatic heterocycles. The van der Waals surface area contributed by atoms with Crippen LogP contribution in [0, 0.1) is 34.0 Å². The number of hydrogen-bond acceptors (Lipinski definition) is 2. The van der Waals surface area contributed by atoms with Crippen LogP contribution in [0.3, 0.4) is 0 Å². The fourth-order valence-corrected chi connectivity index (χ4v) is 8.64. The van der Waals surface area contributed by atoms with Gasteiger partial charge in [-0.15, -0.1) is 0 Å². The Balaban J connectivity index is 1.63. The van der Waals surface area contributed by atoms with Crippen LogP contribution in [-0.2, 0) is 4.79 Å². The van der Waals surface area contributed by atoms with Gasteiger partial charge >= 0.3 is 0 Å². The fraction of sp³-hybridized carbons (Fsp3) is 0.864. The molecule has 1 N–H and O–H groups in total. The molecule has 4 bridgehead atoms. The van der Waals surface area contributed by atoms with Crippen LogP contribution < -0.4 is 0 Å². The topological polar surface area (TPSA) is 40.5 Å². The van der Waals surface area contributed by atoms with Gasteiger partial charge in [-0.1, -0.05) is 19.9 Å². The van der Waals surface area contributed by atoms with Crippen molar-refractivity contribution in [2.45, 2.75) is 71.3 Å². The van der Waals surface area contributed by atoms with Gasteiger partial charge in [0.05, 0.1) is 6.10 Å². The van der Waals surface area contributed by atoms with Crippen LogP contribution in [0.15, 0.2) is 12.2 Å². The quantitative estimate of drug-likeness (QED) is 0.680. The fourth-order valence-electron chi connectivity index (χ4n) is 8.64. The molecule has 0 aromatic carbocycles. The lowest BCUT2D eigenvalue weighted by Crippen LogP contribution is -2.71. The molecule has 0 aromatic heterocycles. The van der Waals surface area contributed by atoms with Crippen molar-refractivity contribution in [3.8, 4) is 0 Å². The van der Waals surface area contributed by atoms with E-state index in [0.717, 1.165) is 24.6 Å². The summed E-state index contributed by atoms with van der Waals surface area (Å²) in [6.07, 6.45) is 9.55. The summed E-state index contributed by atoms with van der Waals surface area (Å²) in [5.41, 5.74) is 1.70. The summed E-state index contributed by atoms with van der Waals surface area (Å²) in [7, 11) is 0. The summed E-state index contributed by atoms with van der Waals surface area (Å²) < 4.78 is 0. The second-order valence-electron chi connectivity index (χ2n) is 10.4. The lowest BCUT2D eigenvalue weighted by atomic mass is 9.35. The molecule has 3 nitrogen and oxygen atoms in total. The molecule has 6 aliphatic rings. The van der Waals surface area contributed by atoms with Gasteiger partial charge in [-0.3, -0.25) is 4.79 Å². The van der Waals surface area contributed by atoms with Gasteiger partial charge in [-0.05, 0) is 79.1 Å². The van der Waals surface area contributed by atoms with E-state index < -0.39 is 0 Å². The maximum atomic E-state index is 12.3. The number of fused-ring (bicyclic) bond motifs is 2. The van der Waals surface area contributed by atoms with Crippen molar-refractivity contribution >= 4 is 5.91 Å². The van der Waals surface area contributed by atoms with E-state index in [1.807, 2.05) is 0 Å². The predicted octanol–water partition coefficient (Wildman–Crippen LogP) is 3.77. The second kappa shape index (κ2) is 4.91. The highest BCUT2D eigenvalue weighted by Gasteiger charge is 2.69. The van der Waals surface area contributed by atoms with Crippen LogP contribution in [-0.4, -0.2) is 35.1 Å². The lowest BCUT2D eigenvalue weighted by molar-refractivity contribution is -0.238. The molecule has 3 heteroatoms. The first-order valence-corrected chi connectivity index (χ1v) is 10.4. The average molecular weight is 344 g/mol. The molecule has 0 radical (unpaired) electrons. The highest BCUT2D eigenvalue weighted by atomic mass is 16.3. The molecule has 138 valence electrons. The van der Waals surface area contributed by atoms with Crippen molar-refractivity contribution in [2.24, 2.45) is 34.0 Å². The van der Waals surface area contributed by atoms with Crippen molar-refractivity contribution in [1.29, 1.82) is 0 Å². The third kappa shape index (κ3) is 1.84. The molecule has 6 fully saturated rings. The first-order valence-electron chi connectivity index (χ1n) is 10.4. The normalized spacial score (nSPS) is 54.0. The van der Waals surface area contributed by atoms with Gasteiger partial charge in [0.25, 0.3) is 0 Å². The zero-order chi connectivity index (χ0) is 17.6. The Hall–Kier alpha value is -0.830. The minimum Gasteiger partial charge on any atom is -0.388 e. The van der Waals surface area contributed by atoms with Gasteiger partial charge < -0.3 is 10.0 Å². The smallest absolute Gasteiger partial charge is 0.219 e. The Morgan fingerprint density at radius 3 is 2.64 bits per heavy atom. The van der Waals surface area contributed by atoms with E-state index in [4.69, 9.17) is 0 Å². The number of hydrogen-bond donors (Lipinski definition) is 1. The minimum absolute atomic E-state index is 0.0559. The number of aliphatic hydroxyl groups excluding tert-OH is 1. The molecule has 7 atom stereocenters. The molecule has 5 saturated carbocycles. The van der Waals surface area contributed by atoms with Crippen molar-refractivity contribution < 1.29 is 9.90 Å². The first-order chi connectivity index (χ1) is 11.8. The standard InChI is InChI=1S/C22H33NO2/c1-14-16-5-9-21(19(14)25)10-6-17-20(3)7-4-8-22(17,18(21)11-16)13-23(12-20)15(2)24/h16-19,25H,1,4-13H2,2-3H3. The Morgan fingerprint density at radius 2 is 1.88 bits per heavy atom. The van der Waals surface area contributed by atoms with E-state index in [1.165, 1.54) is 51.4 Å². The molecule has 1 saturated heterocycles. The molecular formula is C22H33NO2. The van der Waals surface area contributed by atoms with Gasteiger partial charge in [0.1, 0.15) is 0 Å². The zero-order valence-electron chi connectivity index (χ0n) is 15.9. The number of aliphatic hydroxyl groups is 1. The summed E-state index contributed by atoms with van der Waals surface area (Å²) in [6.45, 7) is 10.4. The number of likely N-dealkylation sites (tertiary alicyclic amines) is 1. The Bertz CT molecular complexity index is 644. The monoisotopic (exact) mass is 343 g/mol. The van der Waals surface area contributed by atoms with Gasteiger partial charge in [0.15, 0.2) is 0 Å². The predicted molar refractivity (Wildman–Crippen MR) is 97.8 cm³/mol. The highest BCUT2D eigenvalue weighted by molar-refractivity contribution is 5.73. The Labute approximate surface area is 151 Å². The maximum absolute atomic E-state index is 12.3. The molecule has 1 spiro atoms. The molecule has 5 aliphatic carbocycles. The highest BCUT2D eigenvalue weighted by Crippen LogP contribution is 2.73. The number of amides is 1. The summed E-state index contributed by atoms with van der Waals surface area (Å²) in [6, 6.07) is 0. The SMILES string of the molecule is C=C1C2CCC3(CCC4C5(C)CCCC4(CN(C(C)=O)C5)C3C2)C1O. The first kappa shape index (κ1) is 16.4. The Morgan fingerprint density at radius 1 is 1.12 bits per heavy atom. The van der Waals surface area contributed by atoms with Crippen LogP contribution in [0.1, 0.15) is 65.2 Å². The van der Waals surface area contributed by atoms with Crippen molar-refractivity contribution in [3.63, 3.8) is 0 Å². The molecule has 7 unspecified atom stereocenters. The Kier molecular flexibility index (Phi) is 3.21. The van der Waals surface area contributed by atoms with E-state index in [-0.39, 0.29) is 28.3 Å². The number of piperidine rings is 1. The number of carbonyl (C=O) groups is 1. The third-order valence-electron chi connectivity index (χ3n) is 9.59. The summed E-state index contributed by atoms with van der Waals surface area (Å²) >= 11 is 0. The van der Waals surface area contributed by atoms with Crippen LogP contribution >= 0.6 is 0 Å². The van der Waals surface area contributed by atoms with Gasteiger partial charge in [-0.2, -0.15) is 0 Å². The van der Waals surface area contributed by atoms with E-state index in [1.54, 1.807) is 6.92 Å². The number of carbonyl (C=O) groups excluding carboxylic acids is 1. The molecule has 1 amide bonds. The largest absolute Gasteiger partial charge is 0.388 e. The molecular weight excluding hydrogens is 310 g/mol. The number of rotatable bonds is 0. The van der Waals surface area contributed by atoms with E-state index >= 15 is 0 Å². The summed E-state index contributed by atoms with van der Waals surface area (Å²) in [5.74, 6) is 2.08. The summed E-state index contributed by atoms with van der Waals surface area (Å²) in [5, 5.41) is 11.2. The molecule has 25 heavy (non-hydrogen) atoms. The number of nitrogens with zero attached hydrogens (tertiary/aromatic N) is 1. The van der Waals surface area contributed by atoms with Crippen LogP contribution in [0.5, 0.6) is 0 Å². The van der Waals surface area contributed by atoms with Gasteiger partial charge in [-0.25, -0.2) is 0 Å². The lowest BCUT2D eigenvalue weighted by Gasteiger charge is -2.72. The van der Waals surface area contributed by atoms with Crippen molar-refractivity contribution in [1.82, 2.24) is 4.90 Å². The molecule has 0 aromatic rings. The van der Waals surface area contributed by atoms with Gasteiger partial charge in [0, 0.05) is 25.4 Å². The van der Waals surface area contributed by atoms with E-state index in [0.29, 0.717) is 11.8 Å². The zero-order valence-corrected chi connectivity index (χ0v) is 15.9.